The molecular weight excluding hydrogens is 901 g/mol. The van der Waals surface area contributed by atoms with E-state index in [1.807, 2.05) is 24.3 Å². The molecule has 0 radical (unpaired) electrons. The molecule has 0 aliphatic rings. The Morgan fingerprint density at radius 1 is 0.288 bits per heavy atom. The third kappa shape index (κ3) is 58.1. The molecule has 1 unspecified atom stereocenters. The van der Waals surface area contributed by atoms with Crippen molar-refractivity contribution in [2.24, 2.45) is 0 Å². The number of esters is 3. The van der Waals surface area contributed by atoms with E-state index in [0.29, 0.717) is 19.3 Å². The molecule has 73 heavy (non-hydrogen) atoms. The van der Waals surface area contributed by atoms with Gasteiger partial charge in [-0.25, -0.2) is 0 Å². The maximum absolute atomic E-state index is 12.8. The minimum atomic E-state index is -0.855. The lowest BCUT2D eigenvalue weighted by atomic mass is 10.0. The Bertz CT molecular complexity index is 1630. The quantitative estimate of drug-likeness (QED) is 0.0261. The lowest BCUT2D eigenvalue weighted by molar-refractivity contribution is -0.166. The zero-order valence-electron chi connectivity index (χ0n) is 46.8. The molecule has 1 atom stereocenters. The van der Waals surface area contributed by atoms with E-state index in [-0.39, 0.29) is 38.0 Å². The van der Waals surface area contributed by atoms with Gasteiger partial charge >= 0.3 is 17.9 Å². The van der Waals surface area contributed by atoms with Crippen LogP contribution in [0.15, 0.2) is 146 Å². The van der Waals surface area contributed by atoms with Gasteiger partial charge < -0.3 is 14.2 Å². The largest absolute Gasteiger partial charge is 0.462 e. The van der Waals surface area contributed by atoms with Crippen LogP contribution in [0.25, 0.3) is 0 Å². The van der Waals surface area contributed by atoms with E-state index >= 15 is 0 Å². The molecule has 0 fully saturated rings. The number of rotatable bonds is 51. The molecular formula is C67H106O6. The van der Waals surface area contributed by atoms with Crippen LogP contribution in [0.2, 0.25) is 0 Å². The SMILES string of the molecule is CC/C=C\C/C=C\C/C=C\C/C=C\C/C=C\C/C=C\CCC(=O)OC(COC(=O)CC/C=C\C/C=C\C/C=C\C/C=C\CC)COC(=O)CCCCCCCCCCCCC/C=C\C/C=C\CCCCCCC. The van der Waals surface area contributed by atoms with Crippen molar-refractivity contribution in [2.75, 3.05) is 13.2 Å². The van der Waals surface area contributed by atoms with Gasteiger partial charge in [0.2, 0.25) is 0 Å². The molecule has 0 bridgehead atoms. The smallest absolute Gasteiger partial charge is 0.306 e. The molecule has 0 aliphatic carbocycles. The van der Waals surface area contributed by atoms with Crippen LogP contribution in [-0.4, -0.2) is 37.2 Å². The normalized spacial score (nSPS) is 13.2. The lowest BCUT2D eigenvalue weighted by Gasteiger charge is -2.18. The number of hydrogen-bond donors (Lipinski definition) is 0. The van der Waals surface area contributed by atoms with Crippen LogP contribution in [-0.2, 0) is 28.6 Å². The Labute approximate surface area is 448 Å². The summed E-state index contributed by atoms with van der Waals surface area (Å²) in [5, 5.41) is 0. The Morgan fingerprint density at radius 3 is 0.918 bits per heavy atom. The third-order valence-corrected chi connectivity index (χ3v) is 11.8. The second-order valence-electron chi connectivity index (χ2n) is 18.8. The maximum atomic E-state index is 12.8. The van der Waals surface area contributed by atoms with Gasteiger partial charge in [-0.3, -0.25) is 14.4 Å². The van der Waals surface area contributed by atoms with Crippen molar-refractivity contribution in [2.45, 2.75) is 245 Å². The summed E-state index contributed by atoms with van der Waals surface area (Å²) in [5.74, 6) is -1.11. The van der Waals surface area contributed by atoms with Crippen molar-refractivity contribution in [1.82, 2.24) is 0 Å². The van der Waals surface area contributed by atoms with E-state index in [1.54, 1.807) is 0 Å². The van der Waals surface area contributed by atoms with Gasteiger partial charge in [0.05, 0.1) is 0 Å². The van der Waals surface area contributed by atoms with Gasteiger partial charge in [-0.1, -0.05) is 250 Å². The minimum Gasteiger partial charge on any atom is -0.462 e. The van der Waals surface area contributed by atoms with Crippen LogP contribution in [0.4, 0.5) is 0 Å². The summed E-state index contributed by atoms with van der Waals surface area (Å²) in [7, 11) is 0. The van der Waals surface area contributed by atoms with E-state index in [9.17, 15) is 14.4 Å². The fourth-order valence-electron chi connectivity index (χ4n) is 7.51. The van der Waals surface area contributed by atoms with Gasteiger partial charge in [-0.15, -0.1) is 0 Å². The fourth-order valence-corrected chi connectivity index (χ4v) is 7.51. The molecule has 0 N–H and O–H groups in total. The predicted molar refractivity (Wildman–Crippen MR) is 315 cm³/mol. The fraction of sp³-hybridized carbons (Fsp3) is 0.597. The molecule has 0 saturated heterocycles. The number of unbranched alkanes of at least 4 members (excludes halogenated alkanes) is 16. The highest BCUT2D eigenvalue weighted by Gasteiger charge is 2.19. The molecule has 0 aromatic carbocycles. The van der Waals surface area contributed by atoms with E-state index in [4.69, 9.17) is 14.2 Å². The summed E-state index contributed by atoms with van der Waals surface area (Å²) < 4.78 is 16.7. The minimum absolute atomic E-state index is 0.137. The van der Waals surface area contributed by atoms with Crippen molar-refractivity contribution >= 4 is 17.9 Å². The molecule has 0 aromatic heterocycles. The Morgan fingerprint density at radius 2 is 0.562 bits per heavy atom. The van der Waals surface area contributed by atoms with Crippen molar-refractivity contribution in [3.63, 3.8) is 0 Å². The van der Waals surface area contributed by atoms with Gasteiger partial charge in [-0.05, 0) is 116 Å². The average molecular weight is 1010 g/mol. The summed E-state index contributed by atoms with van der Waals surface area (Å²) >= 11 is 0. The molecule has 0 rings (SSSR count). The molecule has 6 nitrogen and oxygen atoms in total. The zero-order chi connectivity index (χ0) is 52.9. The second-order valence-corrected chi connectivity index (χ2v) is 18.8. The summed E-state index contributed by atoms with van der Waals surface area (Å²) in [6.07, 6.45) is 85.9. The van der Waals surface area contributed by atoms with Crippen LogP contribution in [0.3, 0.4) is 0 Å². The first-order valence-electron chi connectivity index (χ1n) is 29.3. The topological polar surface area (TPSA) is 78.9 Å². The Balaban J connectivity index is 4.51. The van der Waals surface area contributed by atoms with Gasteiger partial charge in [-0.2, -0.15) is 0 Å². The third-order valence-electron chi connectivity index (χ3n) is 11.8. The van der Waals surface area contributed by atoms with Crippen LogP contribution < -0.4 is 0 Å². The predicted octanol–water partition coefficient (Wildman–Crippen LogP) is 20.0. The first kappa shape index (κ1) is 68.3. The molecule has 0 aromatic rings. The highest BCUT2D eigenvalue weighted by atomic mass is 16.6. The summed E-state index contributed by atoms with van der Waals surface area (Å²) in [5.41, 5.74) is 0. The van der Waals surface area contributed by atoms with Crippen LogP contribution in [0, 0.1) is 0 Å². The zero-order valence-corrected chi connectivity index (χ0v) is 46.8. The second kappa shape index (κ2) is 59.8. The Hall–Kier alpha value is -4.71. The van der Waals surface area contributed by atoms with Crippen molar-refractivity contribution < 1.29 is 28.6 Å². The first-order valence-corrected chi connectivity index (χ1v) is 29.3. The molecule has 410 valence electrons. The average Bonchev–Trinajstić information content (AvgIpc) is 3.39. The van der Waals surface area contributed by atoms with Gasteiger partial charge in [0.15, 0.2) is 6.10 Å². The molecule has 0 heterocycles. The summed E-state index contributed by atoms with van der Waals surface area (Å²) in [6, 6.07) is 0. The van der Waals surface area contributed by atoms with E-state index in [2.05, 4.69) is 142 Å². The van der Waals surface area contributed by atoms with Crippen LogP contribution in [0.5, 0.6) is 0 Å². The molecule has 0 spiro atoms. The van der Waals surface area contributed by atoms with Gasteiger partial charge in [0, 0.05) is 19.3 Å². The molecule has 0 amide bonds. The lowest BCUT2D eigenvalue weighted by Crippen LogP contribution is -2.30. The highest BCUT2D eigenvalue weighted by Crippen LogP contribution is 2.14. The number of hydrogen-bond acceptors (Lipinski definition) is 6. The van der Waals surface area contributed by atoms with Crippen LogP contribution in [0.1, 0.15) is 239 Å². The van der Waals surface area contributed by atoms with E-state index < -0.39 is 12.1 Å². The molecule has 0 aliphatic heterocycles. The molecule has 0 saturated carbocycles. The summed E-state index contributed by atoms with van der Waals surface area (Å²) in [4.78, 5) is 38.1. The maximum Gasteiger partial charge on any atom is 0.306 e. The number of ether oxygens (including phenoxy) is 3. The van der Waals surface area contributed by atoms with E-state index in [0.717, 1.165) is 89.9 Å². The van der Waals surface area contributed by atoms with Crippen LogP contribution >= 0.6 is 0 Å². The summed E-state index contributed by atoms with van der Waals surface area (Å²) in [6.45, 7) is 6.26. The first-order chi connectivity index (χ1) is 36.0. The Kier molecular flexibility index (Phi) is 56.0. The number of carbonyl (C=O) groups excluding carboxylic acids is 3. The number of carbonyl (C=O) groups is 3. The number of allylic oxidation sites excluding steroid dienone is 24. The van der Waals surface area contributed by atoms with Gasteiger partial charge in [0.25, 0.3) is 0 Å². The molecule has 6 heteroatoms. The van der Waals surface area contributed by atoms with Crippen molar-refractivity contribution in [3.05, 3.63) is 146 Å². The van der Waals surface area contributed by atoms with Gasteiger partial charge in [0.1, 0.15) is 13.2 Å². The highest BCUT2D eigenvalue weighted by molar-refractivity contribution is 5.71. The standard InChI is InChI=1S/C67H106O6/c1-4-7-10-13-16-19-22-25-27-29-31-32-33-34-36-37-39-42-45-48-51-54-57-60-66(69)72-63-64(62-71-65(68)59-56-53-50-47-44-41-24-21-18-15-12-9-6-3)73-67(70)61-58-55-52-49-46-43-40-38-35-30-28-26-23-20-17-14-11-8-5-2/h8-9,11-12,17-18,20-22,25-26,28-29,31,35,38,41,43-44,46,50,52-53,55,64H,4-7,10,13-16,19,23-24,27,30,32-34,36-37,39-40,42,45,47-49,51,54,56-63H2,1-3H3/b11-8-,12-9-,20-17-,21-18-,25-22-,28-26-,31-29-,38-35-,44-41-,46-43-,53-50-,55-52-. The monoisotopic (exact) mass is 1010 g/mol. The van der Waals surface area contributed by atoms with Crippen molar-refractivity contribution in [1.29, 1.82) is 0 Å². The van der Waals surface area contributed by atoms with Crippen molar-refractivity contribution in [3.8, 4) is 0 Å². The van der Waals surface area contributed by atoms with E-state index in [1.165, 1.54) is 96.3 Å².